The van der Waals surface area contributed by atoms with Gasteiger partial charge >= 0.3 is 11.4 Å². The Labute approximate surface area is 363 Å². The summed E-state index contributed by atoms with van der Waals surface area (Å²) in [6, 6.07) is 12.6. The summed E-state index contributed by atoms with van der Waals surface area (Å²) in [6.45, 7) is 6.97. The molecule has 1 saturated heterocycles. The zero-order chi connectivity index (χ0) is 43.8. The number of ether oxygens (including phenoxy) is 1. The van der Waals surface area contributed by atoms with Gasteiger partial charge in [-0.05, 0) is 124 Å². The number of nitrogens with one attached hydrogen (secondary N) is 1. The SMILES string of the molecule is Cc1cc(-n2nc3c(c2-n2ccn(-c4ccc5c(cnn5C5CC5)c4F)c2=O)C(C)N(C(=O)c2cc4cc(C5CCOCC5)ccn4c2C2(c4noc(=O)[nH]4)CC2)CC3)cc(C)c1F. The number of aromatic nitrogens is 9. The third-order valence-corrected chi connectivity index (χ3v) is 14.0. The lowest BCUT2D eigenvalue weighted by Gasteiger charge is -2.34. The van der Waals surface area contributed by atoms with E-state index in [0.29, 0.717) is 101 Å². The lowest BCUT2D eigenvalue weighted by Crippen LogP contribution is -2.40. The maximum absolute atomic E-state index is 16.4. The molecule has 1 amide bonds. The predicted molar refractivity (Wildman–Crippen MR) is 230 cm³/mol. The summed E-state index contributed by atoms with van der Waals surface area (Å²) in [4.78, 5) is 47.0. The summed E-state index contributed by atoms with van der Waals surface area (Å²) in [7, 11) is 0. The van der Waals surface area contributed by atoms with Crippen LogP contribution in [-0.4, -0.2) is 73.8 Å². The minimum absolute atomic E-state index is 0.0700. The lowest BCUT2D eigenvalue weighted by atomic mass is 9.92. The van der Waals surface area contributed by atoms with Gasteiger partial charge in [-0.25, -0.2) is 23.1 Å². The van der Waals surface area contributed by atoms with Gasteiger partial charge in [-0.2, -0.15) is 10.2 Å². The summed E-state index contributed by atoms with van der Waals surface area (Å²) in [6.07, 6.45) is 12.1. The van der Waals surface area contributed by atoms with E-state index in [2.05, 4.69) is 27.4 Å². The normalized spacial score (nSPS) is 18.6. The number of hydrogen-bond donors (Lipinski definition) is 1. The summed E-state index contributed by atoms with van der Waals surface area (Å²) < 4.78 is 50.3. The molecule has 4 aliphatic rings. The molecule has 2 aliphatic heterocycles. The first kappa shape index (κ1) is 38.8. The Morgan fingerprint density at radius 1 is 0.922 bits per heavy atom. The maximum Gasteiger partial charge on any atom is 0.438 e. The Morgan fingerprint density at radius 3 is 2.41 bits per heavy atom. The molecular formula is C47H44F2N10O5. The van der Waals surface area contributed by atoms with Gasteiger partial charge in [-0.1, -0.05) is 5.16 Å². The van der Waals surface area contributed by atoms with Gasteiger partial charge in [-0.15, -0.1) is 0 Å². The van der Waals surface area contributed by atoms with E-state index in [-0.39, 0.29) is 23.5 Å². The van der Waals surface area contributed by atoms with Crippen molar-refractivity contribution in [3.63, 3.8) is 0 Å². The summed E-state index contributed by atoms with van der Waals surface area (Å²) in [5, 5.41) is 14.0. The van der Waals surface area contributed by atoms with Crippen molar-refractivity contribution in [2.75, 3.05) is 19.8 Å². The average molecular weight is 867 g/mol. The number of benzene rings is 2. The lowest BCUT2D eigenvalue weighted by molar-refractivity contribution is 0.0675. The van der Waals surface area contributed by atoms with Crippen LogP contribution in [0.3, 0.4) is 0 Å². The van der Waals surface area contributed by atoms with Crippen LogP contribution < -0.4 is 11.4 Å². The number of aryl methyl sites for hydroxylation is 2. The first-order valence-corrected chi connectivity index (χ1v) is 22.0. The van der Waals surface area contributed by atoms with Gasteiger partial charge in [-0.3, -0.25) is 28.1 Å². The number of carbonyl (C=O) groups excluding carboxylic acids is 1. The molecular weight excluding hydrogens is 823 g/mol. The molecule has 2 saturated carbocycles. The van der Waals surface area contributed by atoms with Crippen molar-refractivity contribution in [1.82, 2.24) is 48.1 Å². The van der Waals surface area contributed by atoms with E-state index in [1.165, 1.54) is 27.1 Å². The van der Waals surface area contributed by atoms with Gasteiger partial charge in [0.05, 0.1) is 57.2 Å². The van der Waals surface area contributed by atoms with Crippen molar-refractivity contribution in [3.05, 3.63) is 145 Å². The number of H-pyrrole nitrogens is 1. The molecule has 1 unspecified atom stereocenters. The average Bonchev–Trinajstić information content (AvgIpc) is 4.00. The molecule has 12 rings (SSSR count). The van der Waals surface area contributed by atoms with Crippen molar-refractivity contribution in [2.24, 2.45) is 0 Å². The van der Waals surface area contributed by atoms with Crippen LogP contribution in [-0.2, 0) is 16.6 Å². The van der Waals surface area contributed by atoms with Crippen LogP contribution in [0, 0.1) is 25.5 Å². The number of nitrogens with zero attached hydrogens (tertiary/aromatic N) is 9. The largest absolute Gasteiger partial charge is 0.438 e. The van der Waals surface area contributed by atoms with Crippen molar-refractivity contribution >= 4 is 22.3 Å². The van der Waals surface area contributed by atoms with Gasteiger partial charge in [0.15, 0.2) is 11.6 Å². The number of halogens is 2. The molecule has 17 heteroatoms. The molecule has 2 aromatic carbocycles. The quantitative estimate of drug-likeness (QED) is 0.170. The number of pyridine rings is 1. The zero-order valence-corrected chi connectivity index (χ0v) is 35.5. The molecule has 0 bridgehead atoms. The van der Waals surface area contributed by atoms with E-state index in [9.17, 15) is 9.59 Å². The minimum atomic E-state index is -0.757. The topological polar surface area (TPSA) is 155 Å². The second kappa shape index (κ2) is 14.1. The van der Waals surface area contributed by atoms with Gasteiger partial charge in [0.25, 0.3) is 5.91 Å². The zero-order valence-electron chi connectivity index (χ0n) is 35.5. The van der Waals surface area contributed by atoms with Crippen molar-refractivity contribution in [1.29, 1.82) is 0 Å². The summed E-state index contributed by atoms with van der Waals surface area (Å²) in [5.74, 6) is -0.744. The van der Waals surface area contributed by atoms with Crippen molar-refractivity contribution in [3.8, 4) is 17.2 Å². The summed E-state index contributed by atoms with van der Waals surface area (Å²) in [5.41, 5.74) is 5.29. The van der Waals surface area contributed by atoms with E-state index in [1.54, 1.807) is 53.9 Å². The fraction of sp³-hybridized carbons (Fsp3) is 0.362. The molecule has 0 radical (unpaired) electrons. The van der Waals surface area contributed by atoms with Crippen LogP contribution in [0.5, 0.6) is 0 Å². The molecule has 15 nitrogen and oxygen atoms in total. The Kier molecular flexibility index (Phi) is 8.52. The number of amides is 1. The van der Waals surface area contributed by atoms with Crippen LogP contribution in [0.4, 0.5) is 8.78 Å². The highest BCUT2D eigenvalue weighted by Crippen LogP contribution is 2.54. The highest BCUT2D eigenvalue weighted by molar-refractivity contribution is 5.98. The van der Waals surface area contributed by atoms with E-state index >= 15 is 13.6 Å². The number of aromatic amines is 1. The van der Waals surface area contributed by atoms with E-state index in [1.807, 2.05) is 28.3 Å². The second-order valence-corrected chi connectivity index (χ2v) is 18.0. The number of fused-ring (bicyclic) bond motifs is 3. The van der Waals surface area contributed by atoms with E-state index in [4.69, 9.17) is 14.4 Å². The standard InChI is InChI=1S/C47H44F2N10O5/c1-25-20-32(21-26(2)39(25)48)59-42(57-17-16-56(46(57)62)37-7-6-36-34(40(37)49)24-50-58(36)30-4-5-30)38-27(3)54(15-9-35(38)52-59)43(60)33-23-31-22-29(28-10-18-63-19-11-28)8-14-55(31)41(33)47(12-13-47)44-51-45(61)64-53-44/h6-8,14,16-17,20-24,27-28,30H,4-5,9-13,15,18-19H2,1-3H3,(H,51,53,61). The van der Waals surface area contributed by atoms with Crippen LogP contribution in [0.1, 0.15) is 113 Å². The van der Waals surface area contributed by atoms with E-state index in [0.717, 1.165) is 36.9 Å². The molecule has 8 aromatic rings. The van der Waals surface area contributed by atoms with Crippen LogP contribution in [0.2, 0.25) is 0 Å². The Hall–Kier alpha value is -6.88. The van der Waals surface area contributed by atoms with Crippen molar-refractivity contribution in [2.45, 2.75) is 89.1 Å². The molecule has 8 heterocycles. The van der Waals surface area contributed by atoms with Crippen LogP contribution >= 0.6 is 0 Å². The third-order valence-electron chi connectivity index (χ3n) is 14.0. The fourth-order valence-electron chi connectivity index (χ4n) is 10.4. The number of hydrogen-bond acceptors (Lipinski definition) is 8. The van der Waals surface area contributed by atoms with Gasteiger partial charge < -0.3 is 14.0 Å². The predicted octanol–water partition coefficient (Wildman–Crippen LogP) is 7.06. The van der Waals surface area contributed by atoms with Gasteiger partial charge in [0.1, 0.15) is 11.6 Å². The Morgan fingerprint density at radius 2 is 1.69 bits per heavy atom. The molecule has 64 heavy (non-hydrogen) atoms. The van der Waals surface area contributed by atoms with Gasteiger partial charge in [0, 0.05) is 61.5 Å². The Bertz CT molecular complexity index is 3330. The van der Waals surface area contributed by atoms with E-state index < -0.39 is 28.7 Å². The molecule has 2 aliphatic carbocycles. The number of imidazole rings is 1. The van der Waals surface area contributed by atoms with Gasteiger partial charge in [0.2, 0.25) is 0 Å². The second-order valence-electron chi connectivity index (χ2n) is 18.0. The highest BCUT2D eigenvalue weighted by Gasteiger charge is 2.54. The molecule has 326 valence electrons. The third kappa shape index (κ3) is 5.78. The first-order chi connectivity index (χ1) is 31.0. The molecule has 1 atom stereocenters. The van der Waals surface area contributed by atoms with Crippen LogP contribution in [0.15, 0.2) is 81.4 Å². The summed E-state index contributed by atoms with van der Waals surface area (Å²) >= 11 is 0. The molecule has 6 aromatic heterocycles. The number of rotatable bonds is 8. The molecule has 1 N–H and O–H groups in total. The molecule has 0 spiro atoms. The Balaban J connectivity index is 0.992. The minimum Gasteiger partial charge on any atom is -0.381 e. The smallest absolute Gasteiger partial charge is 0.381 e. The van der Waals surface area contributed by atoms with Crippen LogP contribution in [0.25, 0.3) is 33.6 Å². The fourth-order valence-corrected chi connectivity index (χ4v) is 10.4. The maximum atomic E-state index is 16.4. The highest BCUT2D eigenvalue weighted by atomic mass is 19.1. The number of carbonyl (C=O) groups is 1. The molecule has 3 fully saturated rings. The monoisotopic (exact) mass is 866 g/mol. The first-order valence-electron chi connectivity index (χ1n) is 22.0. The van der Waals surface area contributed by atoms with Crippen molar-refractivity contribution < 1.29 is 22.8 Å².